The summed E-state index contributed by atoms with van der Waals surface area (Å²) in [5.41, 5.74) is 5.10. The van der Waals surface area contributed by atoms with Crippen molar-refractivity contribution in [3.05, 3.63) is 48.1 Å². The molecule has 25 heavy (non-hydrogen) atoms. The van der Waals surface area contributed by atoms with Crippen molar-refractivity contribution < 1.29 is 0 Å². The predicted molar refractivity (Wildman–Crippen MR) is 126 cm³/mol. The van der Waals surface area contributed by atoms with Crippen molar-refractivity contribution in [1.29, 1.82) is 0 Å². The third-order valence-electron chi connectivity index (χ3n) is 3.15. The highest BCUT2D eigenvalue weighted by molar-refractivity contribution is 5.35. The van der Waals surface area contributed by atoms with Crippen LogP contribution >= 0.6 is 0 Å². The van der Waals surface area contributed by atoms with Gasteiger partial charge in [-0.3, -0.25) is 0 Å². The first-order chi connectivity index (χ1) is 11.8. The zero-order valence-corrected chi connectivity index (χ0v) is 19.9. The fourth-order valence-electron chi connectivity index (χ4n) is 1.58. The highest BCUT2D eigenvalue weighted by Crippen LogP contribution is 2.13. The van der Waals surface area contributed by atoms with E-state index in [0.29, 0.717) is 0 Å². The van der Waals surface area contributed by atoms with Gasteiger partial charge in [0.05, 0.1) is 0 Å². The van der Waals surface area contributed by atoms with Gasteiger partial charge in [0.15, 0.2) is 0 Å². The minimum absolute atomic E-state index is 1.15. The maximum absolute atomic E-state index is 3.90. The van der Waals surface area contributed by atoms with Gasteiger partial charge in [-0.2, -0.15) is 0 Å². The number of hydrogen-bond acceptors (Lipinski definition) is 0. The van der Waals surface area contributed by atoms with Crippen LogP contribution in [0, 0.1) is 0 Å². The summed E-state index contributed by atoms with van der Waals surface area (Å²) in [6.45, 7) is 33.2. The van der Waals surface area contributed by atoms with Gasteiger partial charge in [-0.05, 0) is 45.8 Å². The van der Waals surface area contributed by atoms with Crippen molar-refractivity contribution in [2.75, 3.05) is 0 Å². The van der Waals surface area contributed by atoms with E-state index >= 15 is 0 Å². The fraction of sp³-hybridized carbons (Fsp3) is 0.680. The van der Waals surface area contributed by atoms with E-state index in [4.69, 9.17) is 0 Å². The van der Waals surface area contributed by atoms with Gasteiger partial charge >= 0.3 is 0 Å². The van der Waals surface area contributed by atoms with Crippen LogP contribution in [-0.4, -0.2) is 0 Å². The largest absolute Gasteiger partial charge is 0.106 e. The van der Waals surface area contributed by atoms with Crippen LogP contribution in [0.15, 0.2) is 48.1 Å². The van der Waals surface area contributed by atoms with E-state index < -0.39 is 0 Å². The molecule has 0 aliphatic carbocycles. The molecule has 152 valence electrons. The molecule has 0 aromatic heterocycles. The van der Waals surface area contributed by atoms with Gasteiger partial charge in [0.1, 0.15) is 0 Å². The Morgan fingerprint density at radius 1 is 0.680 bits per heavy atom. The fourth-order valence-corrected chi connectivity index (χ4v) is 1.58. The zero-order chi connectivity index (χ0) is 21.3. The smallest absolute Gasteiger partial charge is 0.0393 e. The Kier molecular flexibility index (Phi) is 48.2. The number of allylic oxidation sites excluding steroid dienone is 5. The number of hydrogen-bond donors (Lipinski definition) is 0. The molecule has 0 saturated carbocycles. The Balaban J connectivity index is -0.0000000801. The summed E-state index contributed by atoms with van der Waals surface area (Å²) in [4.78, 5) is 0. The molecular weight excluding hydrogens is 300 g/mol. The standard InChI is InChI=1S/C11H18.2C5H12.C2H6.C2H4/c1-8(2)7-10(5)11(6)9(3)4;2*1-3-5-4-2;2*1-2/h7H,3H2,1-2,4-6H3;2*3-5H2,1-2H3;1-2H3;1-2H2/b11-10-;;;;. The number of rotatable bonds is 6. The molecule has 0 heterocycles. The second-order valence-corrected chi connectivity index (χ2v) is 6.02. The van der Waals surface area contributed by atoms with E-state index in [1.165, 1.54) is 55.2 Å². The summed E-state index contributed by atoms with van der Waals surface area (Å²) in [7, 11) is 0. The van der Waals surface area contributed by atoms with Crippen molar-refractivity contribution >= 4 is 0 Å². The van der Waals surface area contributed by atoms with E-state index in [0.717, 1.165) is 5.57 Å². The second kappa shape index (κ2) is 34.3. The molecule has 0 aliphatic rings. The molecule has 0 aromatic carbocycles. The first-order valence-electron chi connectivity index (χ1n) is 10.3. The Morgan fingerprint density at radius 2 is 0.960 bits per heavy atom. The van der Waals surface area contributed by atoms with Gasteiger partial charge in [-0.1, -0.05) is 104 Å². The normalized spacial score (nSPS) is 9.08. The van der Waals surface area contributed by atoms with Crippen molar-refractivity contribution in [1.82, 2.24) is 0 Å². The van der Waals surface area contributed by atoms with Gasteiger partial charge in [0.25, 0.3) is 0 Å². The van der Waals surface area contributed by atoms with Crippen LogP contribution in [0.5, 0.6) is 0 Å². The predicted octanol–water partition coefficient (Wildman–Crippen LogP) is 10.1. The van der Waals surface area contributed by atoms with E-state index in [2.05, 4.69) is 81.2 Å². The lowest BCUT2D eigenvalue weighted by Crippen LogP contribution is -1.82. The average molecular weight is 353 g/mol. The molecule has 0 bridgehead atoms. The topological polar surface area (TPSA) is 0 Å². The third kappa shape index (κ3) is 45.1. The Labute approximate surface area is 163 Å². The highest BCUT2D eigenvalue weighted by Gasteiger charge is 1.93. The molecule has 0 spiro atoms. The molecule has 0 N–H and O–H groups in total. The van der Waals surface area contributed by atoms with Gasteiger partial charge in [0.2, 0.25) is 0 Å². The maximum atomic E-state index is 3.90. The molecular formula is C25H52. The summed E-state index contributed by atoms with van der Waals surface area (Å²) in [5.74, 6) is 0. The van der Waals surface area contributed by atoms with Crippen LogP contribution in [0.3, 0.4) is 0 Å². The van der Waals surface area contributed by atoms with E-state index in [9.17, 15) is 0 Å². The lowest BCUT2D eigenvalue weighted by Gasteiger charge is -2.02. The highest BCUT2D eigenvalue weighted by atomic mass is 14.0. The van der Waals surface area contributed by atoms with Crippen LogP contribution in [-0.2, 0) is 0 Å². The first-order valence-corrected chi connectivity index (χ1v) is 10.3. The first kappa shape index (κ1) is 35.1. The minimum Gasteiger partial charge on any atom is -0.106 e. The van der Waals surface area contributed by atoms with Gasteiger partial charge in [-0.25, -0.2) is 0 Å². The summed E-state index contributed by atoms with van der Waals surface area (Å²) >= 11 is 0. The van der Waals surface area contributed by atoms with Crippen molar-refractivity contribution in [3.8, 4) is 0 Å². The molecule has 0 heteroatoms. The summed E-state index contributed by atoms with van der Waals surface area (Å²) < 4.78 is 0. The molecule has 0 rings (SSSR count). The third-order valence-corrected chi connectivity index (χ3v) is 3.15. The SMILES string of the molecule is C=C.C=C(C)/C(C)=C(/C)C=C(C)C.CC.CCCCC.CCCCC. The van der Waals surface area contributed by atoms with Gasteiger partial charge in [-0.15, -0.1) is 13.2 Å². The van der Waals surface area contributed by atoms with Crippen LogP contribution < -0.4 is 0 Å². The summed E-state index contributed by atoms with van der Waals surface area (Å²) in [6, 6.07) is 0. The van der Waals surface area contributed by atoms with Crippen molar-refractivity contribution in [2.45, 2.75) is 115 Å². The quantitative estimate of drug-likeness (QED) is 0.329. The molecule has 0 aliphatic heterocycles. The van der Waals surface area contributed by atoms with Gasteiger partial charge < -0.3 is 0 Å². The van der Waals surface area contributed by atoms with Gasteiger partial charge in [0, 0.05) is 0 Å². The molecule has 0 nitrogen and oxygen atoms in total. The Morgan fingerprint density at radius 3 is 1.08 bits per heavy atom. The van der Waals surface area contributed by atoms with E-state index in [1.54, 1.807) is 0 Å². The van der Waals surface area contributed by atoms with Crippen molar-refractivity contribution in [3.63, 3.8) is 0 Å². The van der Waals surface area contributed by atoms with E-state index in [-0.39, 0.29) is 0 Å². The summed E-state index contributed by atoms with van der Waals surface area (Å²) in [5, 5.41) is 0. The van der Waals surface area contributed by atoms with E-state index in [1.807, 2.05) is 20.8 Å². The molecule has 0 unspecified atom stereocenters. The monoisotopic (exact) mass is 352 g/mol. The van der Waals surface area contributed by atoms with Crippen molar-refractivity contribution in [2.24, 2.45) is 0 Å². The lowest BCUT2D eigenvalue weighted by molar-refractivity contribution is 0.772. The second-order valence-electron chi connectivity index (χ2n) is 6.02. The van der Waals surface area contributed by atoms with Crippen LogP contribution in [0.1, 0.15) is 115 Å². The Hall–Kier alpha value is -1.04. The molecule has 0 fully saturated rings. The molecule has 0 saturated heterocycles. The lowest BCUT2D eigenvalue weighted by atomic mass is 10.0. The average Bonchev–Trinajstić information content (AvgIpc) is 2.59. The Bertz CT molecular complexity index is 288. The molecule has 0 aromatic rings. The van der Waals surface area contributed by atoms with Crippen LogP contribution in [0.2, 0.25) is 0 Å². The van der Waals surface area contributed by atoms with Crippen LogP contribution in [0.4, 0.5) is 0 Å². The summed E-state index contributed by atoms with van der Waals surface area (Å²) in [6.07, 6.45) is 10.3. The molecule has 0 radical (unpaired) electrons. The van der Waals surface area contributed by atoms with Crippen LogP contribution in [0.25, 0.3) is 0 Å². The molecule has 0 atom stereocenters. The zero-order valence-electron chi connectivity index (χ0n) is 19.9. The minimum atomic E-state index is 1.15. The maximum Gasteiger partial charge on any atom is -0.0393 e. The number of unbranched alkanes of at least 4 members (excludes halogenated alkanes) is 4. The molecule has 0 amide bonds.